The first kappa shape index (κ1) is 15.0. The Bertz CT molecular complexity index is 630. The number of thioether (sulfide) groups is 1. The van der Waals surface area contributed by atoms with Crippen LogP contribution in [-0.4, -0.2) is 44.4 Å². The van der Waals surface area contributed by atoms with Gasteiger partial charge < -0.3 is 5.32 Å². The maximum atomic E-state index is 11.8. The van der Waals surface area contributed by atoms with Gasteiger partial charge in [-0.2, -0.15) is 4.68 Å². The van der Waals surface area contributed by atoms with Gasteiger partial charge in [0.2, 0.25) is 11.1 Å². The number of nitrogens with zero attached hydrogens (tertiary/aromatic N) is 4. The van der Waals surface area contributed by atoms with Gasteiger partial charge >= 0.3 is 6.03 Å². The Morgan fingerprint density at radius 2 is 2.00 bits per heavy atom. The first-order valence-corrected chi connectivity index (χ1v) is 7.03. The van der Waals surface area contributed by atoms with Crippen LogP contribution in [0.3, 0.4) is 0 Å². The lowest BCUT2D eigenvalue weighted by Gasteiger charge is -2.10. The van der Waals surface area contributed by atoms with E-state index in [1.54, 1.807) is 6.92 Å². The maximum absolute atomic E-state index is 11.8. The van der Waals surface area contributed by atoms with E-state index in [2.05, 4.69) is 26.2 Å². The smallest absolute Gasteiger partial charge is 0.321 e. The van der Waals surface area contributed by atoms with E-state index in [0.29, 0.717) is 5.16 Å². The van der Waals surface area contributed by atoms with Gasteiger partial charge in [-0.3, -0.25) is 10.1 Å². The number of hydrogen-bond donors (Lipinski definition) is 2. The van der Waals surface area contributed by atoms with Gasteiger partial charge in [-0.25, -0.2) is 4.79 Å². The van der Waals surface area contributed by atoms with Crippen LogP contribution in [0.2, 0.25) is 0 Å². The molecule has 110 valence electrons. The largest absolute Gasteiger partial charge is 0.341 e. The van der Waals surface area contributed by atoms with E-state index >= 15 is 0 Å². The summed E-state index contributed by atoms with van der Waals surface area (Å²) in [5, 5.41) is 15.9. The van der Waals surface area contributed by atoms with Gasteiger partial charge in [0, 0.05) is 7.05 Å². The van der Waals surface area contributed by atoms with Crippen LogP contribution in [0.15, 0.2) is 35.5 Å². The van der Waals surface area contributed by atoms with E-state index in [-0.39, 0.29) is 0 Å². The molecular formula is C12H14N6O2S. The molecule has 1 aromatic heterocycles. The zero-order chi connectivity index (χ0) is 15.2. The van der Waals surface area contributed by atoms with E-state index in [0.717, 1.165) is 5.69 Å². The van der Waals surface area contributed by atoms with Gasteiger partial charge in [0.05, 0.1) is 10.9 Å². The summed E-state index contributed by atoms with van der Waals surface area (Å²) in [6, 6.07) is 8.79. The summed E-state index contributed by atoms with van der Waals surface area (Å²) in [4.78, 5) is 22.9. The number of para-hydroxylation sites is 1. The normalized spacial score (nSPS) is 11.7. The summed E-state index contributed by atoms with van der Waals surface area (Å²) < 4.78 is 1.54. The predicted molar refractivity (Wildman–Crippen MR) is 77.1 cm³/mol. The molecule has 0 radical (unpaired) electrons. The van der Waals surface area contributed by atoms with Gasteiger partial charge in [-0.1, -0.05) is 30.0 Å². The molecular weight excluding hydrogens is 292 g/mol. The van der Waals surface area contributed by atoms with Crippen molar-refractivity contribution in [3.8, 4) is 5.69 Å². The molecule has 1 atom stereocenters. The zero-order valence-corrected chi connectivity index (χ0v) is 12.3. The van der Waals surface area contributed by atoms with Crippen LogP contribution in [0.25, 0.3) is 5.69 Å². The topological polar surface area (TPSA) is 102 Å². The highest BCUT2D eigenvalue weighted by Crippen LogP contribution is 2.22. The lowest BCUT2D eigenvalue weighted by Crippen LogP contribution is -2.41. The third kappa shape index (κ3) is 3.78. The number of aromatic nitrogens is 4. The Labute approximate surface area is 125 Å². The molecule has 0 aliphatic rings. The van der Waals surface area contributed by atoms with Crippen LogP contribution in [0.1, 0.15) is 6.92 Å². The number of tetrazole rings is 1. The van der Waals surface area contributed by atoms with Crippen molar-refractivity contribution >= 4 is 23.7 Å². The molecule has 1 aromatic carbocycles. The molecule has 2 rings (SSSR count). The zero-order valence-electron chi connectivity index (χ0n) is 11.5. The van der Waals surface area contributed by atoms with Crippen molar-refractivity contribution in [1.29, 1.82) is 0 Å². The highest BCUT2D eigenvalue weighted by Gasteiger charge is 2.20. The molecule has 21 heavy (non-hydrogen) atoms. The summed E-state index contributed by atoms with van der Waals surface area (Å²) in [6.07, 6.45) is 0. The Kier molecular flexibility index (Phi) is 4.88. The number of amides is 3. The molecule has 0 saturated heterocycles. The van der Waals surface area contributed by atoms with Crippen LogP contribution >= 0.6 is 11.8 Å². The molecule has 0 saturated carbocycles. The van der Waals surface area contributed by atoms with Crippen molar-refractivity contribution < 1.29 is 9.59 Å². The number of carbonyl (C=O) groups excluding carboxylic acids is 2. The van der Waals surface area contributed by atoms with Crippen LogP contribution in [0.4, 0.5) is 4.79 Å². The SMILES string of the molecule is CNC(=O)NC(=O)C(C)Sc1nnnn1-c1ccccc1. The molecule has 2 N–H and O–H groups in total. The van der Waals surface area contributed by atoms with Crippen molar-refractivity contribution in [3.05, 3.63) is 30.3 Å². The number of urea groups is 1. The van der Waals surface area contributed by atoms with Gasteiger partial charge in [0.25, 0.3) is 0 Å². The van der Waals surface area contributed by atoms with Crippen molar-refractivity contribution in [3.63, 3.8) is 0 Å². The van der Waals surface area contributed by atoms with Crippen molar-refractivity contribution in [2.45, 2.75) is 17.3 Å². The molecule has 0 spiro atoms. The fraction of sp³-hybridized carbons (Fsp3) is 0.250. The first-order chi connectivity index (χ1) is 10.1. The fourth-order valence-corrected chi connectivity index (χ4v) is 2.28. The summed E-state index contributed by atoms with van der Waals surface area (Å²) in [5.74, 6) is -0.415. The van der Waals surface area contributed by atoms with Gasteiger partial charge in [-0.15, -0.1) is 5.10 Å². The minimum absolute atomic E-state index is 0.415. The van der Waals surface area contributed by atoms with E-state index in [1.807, 2.05) is 30.3 Å². The van der Waals surface area contributed by atoms with Gasteiger partial charge in [0.1, 0.15) is 0 Å². The lowest BCUT2D eigenvalue weighted by molar-refractivity contribution is -0.119. The quantitative estimate of drug-likeness (QED) is 0.802. The molecule has 8 nitrogen and oxygen atoms in total. The van der Waals surface area contributed by atoms with Crippen LogP contribution in [-0.2, 0) is 4.79 Å². The minimum Gasteiger partial charge on any atom is -0.341 e. The molecule has 1 heterocycles. The fourth-order valence-electron chi connectivity index (χ4n) is 1.47. The Morgan fingerprint density at radius 3 is 2.67 bits per heavy atom. The third-order valence-corrected chi connectivity index (χ3v) is 3.59. The predicted octanol–water partition coefficient (Wildman–Crippen LogP) is 0.598. The summed E-state index contributed by atoms with van der Waals surface area (Å²) >= 11 is 1.17. The Hall–Kier alpha value is -2.42. The maximum Gasteiger partial charge on any atom is 0.321 e. The molecule has 2 aromatic rings. The molecule has 0 aliphatic carbocycles. The minimum atomic E-state index is -0.546. The second-order valence-electron chi connectivity index (χ2n) is 4.04. The molecule has 1 unspecified atom stereocenters. The second-order valence-corrected chi connectivity index (χ2v) is 5.35. The van der Waals surface area contributed by atoms with Crippen LogP contribution in [0.5, 0.6) is 0 Å². The standard InChI is InChI=1S/C12H14N6O2S/c1-8(10(19)14-11(20)13-2)21-12-15-16-17-18(12)9-6-4-3-5-7-9/h3-8H,1-2H3,(H2,13,14,19,20). The molecule has 0 fully saturated rings. The number of hydrogen-bond acceptors (Lipinski definition) is 6. The highest BCUT2D eigenvalue weighted by atomic mass is 32.2. The number of carbonyl (C=O) groups is 2. The molecule has 3 amide bonds. The monoisotopic (exact) mass is 306 g/mol. The average Bonchev–Trinajstić information content (AvgIpc) is 2.96. The lowest BCUT2D eigenvalue weighted by atomic mass is 10.3. The van der Waals surface area contributed by atoms with Gasteiger partial charge in [-0.05, 0) is 29.5 Å². The number of benzene rings is 1. The second kappa shape index (κ2) is 6.84. The third-order valence-electron chi connectivity index (χ3n) is 2.56. The van der Waals surface area contributed by atoms with E-state index in [4.69, 9.17) is 0 Å². The highest BCUT2D eigenvalue weighted by molar-refractivity contribution is 8.00. The van der Waals surface area contributed by atoms with Gasteiger partial charge in [0.15, 0.2) is 0 Å². The average molecular weight is 306 g/mol. The summed E-state index contributed by atoms with van der Waals surface area (Å²) in [7, 11) is 1.44. The Morgan fingerprint density at radius 1 is 1.29 bits per heavy atom. The number of rotatable bonds is 4. The van der Waals surface area contributed by atoms with Crippen molar-refractivity contribution in [2.24, 2.45) is 0 Å². The molecule has 9 heteroatoms. The van der Waals surface area contributed by atoms with E-state index in [1.165, 1.54) is 23.5 Å². The summed E-state index contributed by atoms with van der Waals surface area (Å²) in [5.41, 5.74) is 0.795. The van der Waals surface area contributed by atoms with Crippen molar-refractivity contribution in [2.75, 3.05) is 7.05 Å². The number of nitrogens with one attached hydrogen (secondary N) is 2. The Balaban J connectivity index is 2.09. The van der Waals surface area contributed by atoms with E-state index < -0.39 is 17.2 Å². The van der Waals surface area contributed by atoms with Crippen LogP contribution < -0.4 is 10.6 Å². The van der Waals surface area contributed by atoms with E-state index in [9.17, 15) is 9.59 Å². The molecule has 0 bridgehead atoms. The summed E-state index contributed by atoms with van der Waals surface area (Å²) in [6.45, 7) is 1.67. The molecule has 0 aliphatic heterocycles. The first-order valence-electron chi connectivity index (χ1n) is 6.15. The number of imide groups is 1. The van der Waals surface area contributed by atoms with Crippen molar-refractivity contribution in [1.82, 2.24) is 30.8 Å². The van der Waals surface area contributed by atoms with Crippen LogP contribution in [0, 0.1) is 0 Å².